The number of nitrogens with zero attached hydrogens (tertiary/aromatic N) is 1. The second-order valence-corrected chi connectivity index (χ2v) is 6.75. The van der Waals surface area contributed by atoms with Crippen molar-refractivity contribution in [2.24, 2.45) is 0 Å². The van der Waals surface area contributed by atoms with Crippen LogP contribution in [0.2, 0.25) is 10.0 Å². The number of benzene rings is 3. The number of para-hydroxylation sites is 1. The SMILES string of the molecule is O=C1c2ccccc2N[C@@H](c2ccc(Cl)cc2Cl)N1c1ccc(F)cc1. The van der Waals surface area contributed by atoms with Crippen molar-refractivity contribution < 1.29 is 9.18 Å². The first-order chi connectivity index (χ1) is 12.5. The van der Waals surface area contributed by atoms with E-state index in [9.17, 15) is 9.18 Å². The van der Waals surface area contributed by atoms with E-state index in [0.29, 0.717) is 32.5 Å². The van der Waals surface area contributed by atoms with Crippen molar-refractivity contribution in [1.29, 1.82) is 0 Å². The molecule has 0 aromatic heterocycles. The van der Waals surface area contributed by atoms with E-state index in [-0.39, 0.29) is 11.7 Å². The van der Waals surface area contributed by atoms with Gasteiger partial charge >= 0.3 is 0 Å². The maximum Gasteiger partial charge on any atom is 0.262 e. The van der Waals surface area contributed by atoms with Crippen molar-refractivity contribution in [2.45, 2.75) is 6.17 Å². The van der Waals surface area contributed by atoms with Crippen molar-refractivity contribution in [1.82, 2.24) is 0 Å². The van der Waals surface area contributed by atoms with Gasteiger partial charge in [-0.25, -0.2) is 4.39 Å². The maximum absolute atomic E-state index is 13.4. The largest absolute Gasteiger partial charge is 0.360 e. The second kappa shape index (κ2) is 6.63. The molecule has 0 fully saturated rings. The summed E-state index contributed by atoms with van der Waals surface area (Å²) in [5.74, 6) is -0.561. The number of rotatable bonds is 2. The van der Waals surface area contributed by atoms with E-state index in [1.807, 2.05) is 12.1 Å². The van der Waals surface area contributed by atoms with E-state index in [1.54, 1.807) is 47.4 Å². The Kier molecular flexibility index (Phi) is 4.31. The third-order valence-electron chi connectivity index (χ3n) is 4.29. The molecular weight excluding hydrogens is 374 g/mol. The second-order valence-electron chi connectivity index (χ2n) is 5.91. The molecule has 0 radical (unpaired) electrons. The molecule has 0 saturated carbocycles. The average molecular weight is 387 g/mol. The monoisotopic (exact) mass is 386 g/mol. The number of halogens is 3. The van der Waals surface area contributed by atoms with Crippen LogP contribution >= 0.6 is 23.2 Å². The molecule has 1 aliphatic heterocycles. The minimum absolute atomic E-state index is 0.193. The standard InChI is InChI=1S/C20H13Cl2FN2O/c21-12-5-10-15(17(22)11-12)19-24-18-4-2-1-3-16(18)20(26)25(19)14-8-6-13(23)7-9-14/h1-11,19,24H/t19-/m1/s1. The molecule has 6 heteroatoms. The van der Waals surface area contributed by atoms with Crippen LogP contribution in [0, 0.1) is 5.82 Å². The number of nitrogens with one attached hydrogen (secondary N) is 1. The molecule has 1 aliphatic rings. The van der Waals surface area contributed by atoms with Gasteiger partial charge in [-0.3, -0.25) is 9.69 Å². The van der Waals surface area contributed by atoms with Crippen molar-refractivity contribution in [3.63, 3.8) is 0 Å². The zero-order chi connectivity index (χ0) is 18.3. The molecule has 0 unspecified atom stereocenters. The van der Waals surface area contributed by atoms with Gasteiger partial charge in [0, 0.05) is 27.0 Å². The van der Waals surface area contributed by atoms with Crippen molar-refractivity contribution in [2.75, 3.05) is 10.2 Å². The van der Waals surface area contributed by atoms with Gasteiger partial charge in [0.2, 0.25) is 0 Å². The fraction of sp³-hybridized carbons (Fsp3) is 0.0500. The summed E-state index contributed by atoms with van der Waals surface area (Å²) in [6.07, 6.45) is -0.548. The number of hydrogen-bond donors (Lipinski definition) is 1. The van der Waals surface area contributed by atoms with E-state index in [0.717, 1.165) is 0 Å². The molecule has 0 aliphatic carbocycles. The van der Waals surface area contributed by atoms with Crippen LogP contribution in [0.25, 0.3) is 0 Å². The molecule has 0 spiro atoms. The lowest BCUT2D eigenvalue weighted by molar-refractivity contribution is 0.0975. The Morgan fingerprint density at radius 2 is 1.69 bits per heavy atom. The minimum Gasteiger partial charge on any atom is -0.360 e. The van der Waals surface area contributed by atoms with Gasteiger partial charge in [0.15, 0.2) is 0 Å². The van der Waals surface area contributed by atoms with Crippen LogP contribution in [0.5, 0.6) is 0 Å². The van der Waals surface area contributed by atoms with Gasteiger partial charge in [0.05, 0.1) is 5.56 Å². The zero-order valence-corrected chi connectivity index (χ0v) is 14.9. The van der Waals surface area contributed by atoms with Gasteiger partial charge < -0.3 is 5.32 Å². The molecule has 1 atom stereocenters. The highest BCUT2D eigenvalue weighted by molar-refractivity contribution is 6.35. The first-order valence-corrected chi connectivity index (χ1v) is 8.70. The number of amides is 1. The predicted octanol–water partition coefficient (Wildman–Crippen LogP) is 5.90. The molecule has 0 bridgehead atoms. The van der Waals surface area contributed by atoms with E-state index in [2.05, 4.69) is 5.32 Å². The van der Waals surface area contributed by atoms with Crippen LogP contribution in [0.3, 0.4) is 0 Å². The predicted molar refractivity (Wildman–Crippen MR) is 102 cm³/mol. The lowest BCUT2D eigenvalue weighted by atomic mass is 10.0. The topological polar surface area (TPSA) is 32.3 Å². The van der Waals surface area contributed by atoms with Crippen molar-refractivity contribution in [3.05, 3.63) is 93.7 Å². The molecule has 3 nitrogen and oxygen atoms in total. The number of anilines is 2. The van der Waals surface area contributed by atoms with Gasteiger partial charge in [-0.15, -0.1) is 0 Å². The van der Waals surface area contributed by atoms with Crippen LogP contribution in [0.4, 0.5) is 15.8 Å². The Labute approximate surface area is 160 Å². The number of fused-ring (bicyclic) bond motifs is 1. The summed E-state index contributed by atoms with van der Waals surface area (Å²) in [6, 6.07) is 18.2. The molecule has 26 heavy (non-hydrogen) atoms. The lowest BCUT2D eigenvalue weighted by Gasteiger charge is -2.38. The normalized spacial score (nSPS) is 16.2. The van der Waals surface area contributed by atoms with Gasteiger partial charge in [0.25, 0.3) is 5.91 Å². The van der Waals surface area contributed by atoms with Gasteiger partial charge in [-0.1, -0.05) is 41.4 Å². The fourth-order valence-electron chi connectivity index (χ4n) is 3.06. The van der Waals surface area contributed by atoms with E-state index < -0.39 is 6.17 Å². The smallest absolute Gasteiger partial charge is 0.262 e. The Bertz CT molecular complexity index is 991. The van der Waals surface area contributed by atoms with E-state index in [1.165, 1.54) is 12.1 Å². The first kappa shape index (κ1) is 16.9. The van der Waals surface area contributed by atoms with Gasteiger partial charge in [-0.05, 0) is 48.5 Å². The third-order valence-corrected chi connectivity index (χ3v) is 4.85. The highest BCUT2D eigenvalue weighted by Crippen LogP contribution is 2.39. The molecular formula is C20H13Cl2FN2O. The van der Waals surface area contributed by atoms with Gasteiger partial charge in [0.1, 0.15) is 12.0 Å². The van der Waals surface area contributed by atoms with E-state index in [4.69, 9.17) is 23.2 Å². The molecule has 0 saturated heterocycles. The van der Waals surface area contributed by atoms with Crippen molar-refractivity contribution in [3.8, 4) is 0 Å². The maximum atomic E-state index is 13.4. The average Bonchev–Trinajstić information content (AvgIpc) is 2.63. The molecule has 1 amide bonds. The summed E-state index contributed by atoms with van der Waals surface area (Å²) < 4.78 is 13.4. The summed E-state index contributed by atoms with van der Waals surface area (Å²) in [5, 5.41) is 4.30. The highest BCUT2D eigenvalue weighted by atomic mass is 35.5. The summed E-state index contributed by atoms with van der Waals surface area (Å²) in [5.41, 5.74) is 2.52. The quantitative estimate of drug-likeness (QED) is 0.594. The molecule has 3 aromatic rings. The Morgan fingerprint density at radius 1 is 0.962 bits per heavy atom. The van der Waals surface area contributed by atoms with Gasteiger partial charge in [-0.2, -0.15) is 0 Å². The zero-order valence-electron chi connectivity index (χ0n) is 13.4. The van der Waals surface area contributed by atoms with E-state index >= 15 is 0 Å². The molecule has 4 rings (SSSR count). The van der Waals surface area contributed by atoms with Crippen LogP contribution in [0.15, 0.2) is 66.7 Å². The van der Waals surface area contributed by atoms with Crippen molar-refractivity contribution >= 4 is 40.5 Å². The third kappa shape index (κ3) is 2.91. The van der Waals surface area contributed by atoms with Crippen LogP contribution < -0.4 is 10.2 Å². The number of carbonyl (C=O) groups excluding carboxylic acids is 1. The first-order valence-electron chi connectivity index (χ1n) is 7.94. The summed E-state index contributed by atoms with van der Waals surface area (Å²) in [7, 11) is 0. The summed E-state index contributed by atoms with van der Waals surface area (Å²) in [4.78, 5) is 14.8. The Hall–Kier alpha value is -2.56. The molecule has 3 aromatic carbocycles. The summed E-state index contributed by atoms with van der Waals surface area (Å²) in [6.45, 7) is 0. The summed E-state index contributed by atoms with van der Waals surface area (Å²) >= 11 is 12.4. The lowest BCUT2D eigenvalue weighted by Crippen LogP contribution is -2.43. The Morgan fingerprint density at radius 3 is 2.42 bits per heavy atom. The molecule has 1 heterocycles. The fourth-order valence-corrected chi connectivity index (χ4v) is 3.57. The number of carbonyl (C=O) groups is 1. The van der Waals surface area contributed by atoms with Crippen LogP contribution in [-0.2, 0) is 0 Å². The minimum atomic E-state index is -0.548. The highest BCUT2D eigenvalue weighted by Gasteiger charge is 2.35. The Balaban J connectivity index is 1.88. The number of hydrogen-bond acceptors (Lipinski definition) is 2. The molecule has 130 valence electrons. The van der Waals surface area contributed by atoms with Crippen LogP contribution in [-0.4, -0.2) is 5.91 Å². The molecule has 1 N–H and O–H groups in total. The van der Waals surface area contributed by atoms with Crippen LogP contribution in [0.1, 0.15) is 22.1 Å².